The average Bonchev–Trinajstić information content (AvgIpc) is 3.29. The first-order valence-electron chi connectivity index (χ1n) is 8.65. The zero-order valence-electron chi connectivity index (χ0n) is 15.9. The lowest BCUT2D eigenvalue weighted by Crippen LogP contribution is -2.22. The lowest BCUT2D eigenvalue weighted by Gasteiger charge is -2.04. The number of hydrogen-bond donors (Lipinski definition) is 0. The van der Waals surface area contributed by atoms with E-state index in [0.717, 1.165) is 11.0 Å². The zero-order chi connectivity index (χ0) is 21.5. The van der Waals surface area contributed by atoms with Crippen molar-refractivity contribution in [3.05, 3.63) is 46.8 Å². The van der Waals surface area contributed by atoms with E-state index >= 15 is 0 Å². The van der Waals surface area contributed by atoms with Crippen LogP contribution in [0.15, 0.2) is 46.3 Å². The summed E-state index contributed by atoms with van der Waals surface area (Å²) in [6, 6.07) is 8.99. The normalized spacial score (nSPS) is 13.6. The number of rotatable bonds is 4. The Hall–Kier alpha value is -3.18. The molecule has 1 aliphatic heterocycles. The third kappa shape index (κ3) is 3.81. The first kappa shape index (κ1) is 20.1. The topological polar surface area (TPSA) is 113 Å². The van der Waals surface area contributed by atoms with Crippen LogP contribution >= 0.6 is 11.3 Å². The van der Waals surface area contributed by atoms with Crippen molar-refractivity contribution in [1.82, 2.24) is 4.57 Å². The van der Waals surface area contributed by atoms with Gasteiger partial charge in [0, 0.05) is 24.0 Å². The Balaban J connectivity index is 1.80. The Bertz CT molecular complexity index is 1340. The third-order valence-electron chi connectivity index (χ3n) is 4.42. The smallest absolute Gasteiger partial charge is 0.325 e. The van der Waals surface area contributed by atoms with E-state index < -0.39 is 21.7 Å². The number of methoxy groups -OCH3 is 1. The number of carbonyl (C=O) groups is 2. The molecule has 0 spiro atoms. The minimum absolute atomic E-state index is 0.108. The SMILES string of the molecule is COC(=O)Cn1c(=NC(=O)c2ccc(S(C)(=O)=O)cc2)sc2cc3c(cc21)OCO3. The van der Waals surface area contributed by atoms with Crippen LogP contribution in [0, 0.1) is 0 Å². The predicted molar refractivity (Wildman–Crippen MR) is 107 cm³/mol. The lowest BCUT2D eigenvalue weighted by molar-refractivity contribution is -0.141. The molecule has 0 atom stereocenters. The summed E-state index contributed by atoms with van der Waals surface area (Å²) in [6.07, 6.45) is 1.09. The van der Waals surface area contributed by atoms with Gasteiger partial charge in [0.2, 0.25) is 6.79 Å². The summed E-state index contributed by atoms with van der Waals surface area (Å²) in [4.78, 5) is 29.1. The first-order chi connectivity index (χ1) is 14.3. The fourth-order valence-electron chi connectivity index (χ4n) is 2.89. The van der Waals surface area contributed by atoms with E-state index in [9.17, 15) is 18.0 Å². The Kier molecular flexibility index (Phi) is 5.08. The molecule has 11 heteroatoms. The van der Waals surface area contributed by atoms with Crippen molar-refractivity contribution in [1.29, 1.82) is 0 Å². The molecule has 1 amide bonds. The molecule has 0 N–H and O–H groups in total. The Morgan fingerprint density at radius 3 is 2.47 bits per heavy atom. The molecule has 0 saturated heterocycles. The van der Waals surface area contributed by atoms with Crippen molar-refractivity contribution in [2.45, 2.75) is 11.4 Å². The van der Waals surface area contributed by atoms with E-state index in [1.807, 2.05) is 0 Å². The van der Waals surface area contributed by atoms with Gasteiger partial charge < -0.3 is 18.8 Å². The number of sulfone groups is 1. The molecule has 0 unspecified atom stereocenters. The van der Waals surface area contributed by atoms with Crippen LogP contribution in [0.25, 0.3) is 10.2 Å². The highest BCUT2D eigenvalue weighted by molar-refractivity contribution is 7.90. The van der Waals surface area contributed by atoms with Crippen LogP contribution in [-0.2, 0) is 25.9 Å². The van der Waals surface area contributed by atoms with Crippen LogP contribution in [0.1, 0.15) is 10.4 Å². The fraction of sp³-hybridized carbons (Fsp3) is 0.211. The van der Waals surface area contributed by atoms with E-state index in [1.165, 1.54) is 42.7 Å². The summed E-state index contributed by atoms with van der Waals surface area (Å²) in [7, 11) is -2.09. The summed E-state index contributed by atoms with van der Waals surface area (Å²) in [5.74, 6) is 0.0374. The van der Waals surface area contributed by atoms with Crippen molar-refractivity contribution in [3.63, 3.8) is 0 Å². The van der Waals surface area contributed by atoms with Gasteiger partial charge in [-0.3, -0.25) is 9.59 Å². The second-order valence-corrected chi connectivity index (χ2v) is 9.46. The van der Waals surface area contributed by atoms with Crippen molar-refractivity contribution in [2.75, 3.05) is 20.2 Å². The van der Waals surface area contributed by atoms with E-state index in [-0.39, 0.29) is 28.6 Å². The Morgan fingerprint density at radius 2 is 1.83 bits per heavy atom. The number of esters is 1. The van der Waals surface area contributed by atoms with Gasteiger partial charge in [-0.25, -0.2) is 8.42 Å². The maximum absolute atomic E-state index is 12.7. The summed E-state index contributed by atoms with van der Waals surface area (Å²) in [5.41, 5.74) is 0.868. The molecule has 1 aromatic heterocycles. The summed E-state index contributed by atoms with van der Waals surface area (Å²) < 4.78 is 41.0. The van der Waals surface area contributed by atoms with Gasteiger partial charge in [-0.1, -0.05) is 11.3 Å². The van der Waals surface area contributed by atoms with Gasteiger partial charge in [-0.15, -0.1) is 0 Å². The van der Waals surface area contributed by atoms with Gasteiger partial charge in [0.15, 0.2) is 26.1 Å². The molecule has 0 saturated carbocycles. The number of carbonyl (C=O) groups excluding carboxylic acids is 2. The van der Waals surface area contributed by atoms with E-state index in [1.54, 1.807) is 16.7 Å². The van der Waals surface area contributed by atoms with E-state index in [2.05, 4.69) is 4.99 Å². The number of hydrogen-bond acceptors (Lipinski definition) is 8. The monoisotopic (exact) mass is 448 g/mol. The molecule has 0 radical (unpaired) electrons. The number of amides is 1. The van der Waals surface area contributed by atoms with Crippen LogP contribution in [0.5, 0.6) is 11.5 Å². The minimum Gasteiger partial charge on any atom is -0.468 e. The fourth-order valence-corrected chi connectivity index (χ4v) is 4.56. The largest absolute Gasteiger partial charge is 0.468 e. The molecule has 2 heterocycles. The van der Waals surface area contributed by atoms with Crippen LogP contribution < -0.4 is 14.3 Å². The minimum atomic E-state index is -3.37. The van der Waals surface area contributed by atoms with Gasteiger partial charge in [0.05, 0.1) is 22.2 Å². The molecule has 2 aromatic carbocycles. The van der Waals surface area contributed by atoms with Crippen LogP contribution in [0.2, 0.25) is 0 Å². The van der Waals surface area contributed by atoms with Gasteiger partial charge in [0.1, 0.15) is 6.54 Å². The van der Waals surface area contributed by atoms with Crippen LogP contribution in [0.3, 0.4) is 0 Å². The van der Waals surface area contributed by atoms with Gasteiger partial charge >= 0.3 is 5.97 Å². The molecular weight excluding hydrogens is 432 g/mol. The number of benzene rings is 2. The van der Waals surface area contributed by atoms with Gasteiger partial charge in [-0.05, 0) is 24.3 Å². The van der Waals surface area contributed by atoms with Crippen LogP contribution in [-0.4, -0.2) is 45.0 Å². The Morgan fingerprint density at radius 1 is 1.17 bits per heavy atom. The average molecular weight is 448 g/mol. The van der Waals surface area contributed by atoms with E-state index in [4.69, 9.17) is 14.2 Å². The summed E-state index contributed by atoms with van der Waals surface area (Å²) >= 11 is 1.21. The highest BCUT2D eigenvalue weighted by Gasteiger charge is 2.19. The maximum Gasteiger partial charge on any atom is 0.325 e. The second kappa shape index (κ2) is 7.58. The molecule has 0 aliphatic carbocycles. The Labute approximate surface area is 175 Å². The number of fused-ring (bicyclic) bond motifs is 2. The summed E-state index contributed by atoms with van der Waals surface area (Å²) in [5, 5.41) is 0. The molecule has 156 valence electrons. The number of thiazole rings is 1. The van der Waals surface area contributed by atoms with Gasteiger partial charge in [0.25, 0.3) is 5.91 Å². The summed E-state index contributed by atoms with van der Waals surface area (Å²) in [6.45, 7) is -0.0297. The molecular formula is C19H16N2O7S2. The van der Waals surface area contributed by atoms with Crippen LogP contribution in [0.4, 0.5) is 0 Å². The van der Waals surface area contributed by atoms with Gasteiger partial charge in [-0.2, -0.15) is 4.99 Å². The molecule has 0 bridgehead atoms. The second-order valence-electron chi connectivity index (χ2n) is 6.43. The van der Waals surface area contributed by atoms with Crippen molar-refractivity contribution >= 4 is 43.3 Å². The van der Waals surface area contributed by atoms with Crippen molar-refractivity contribution in [2.24, 2.45) is 4.99 Å². The maximum atomic E-state index is 12.7. The highest BCUT2D eigenvalue weighted by Crippen LogP contribution is 2.37. The predicted octanol–water partition coefficient (Wildman–Crippen LogP) is 1.75. The molecule has 30 heavy (non-hydrogen) atoms. The zero-order valence-corrected chi connectivity index (χ0v) is 17.6. The standard InChI is InChI=1S/C19H16N2O7S2/c1-26-17(22)9-21-13-7-14-15(28-10-27-14)8-16(13)29-19(21)20-18(23)11-3-5-12(6-4-11)30(2,24)25/h3-8H,9-10H2,1-2H3. The molecule has 0 fully saturated rings. The quantitative estimate of drug-likeness (QED) is 0.559. The molecule has 4 rings (SSSR count). The molecule has 1 aliphatic rings. The first-order valence-corrected chi connectivity index (χ1v) is 11.4. The van der Waals surface area contributed by atoms with Crippen molar-refractivity contribution in [3.8, 4) is 11.5 Å². The third-order valence-corrected chi connectivity index (χ3v) is 6.59. The lowest BCUT2D eigenvalue weighted by atomic mass is 10.2. The highest BCUT2D eigenvalue weighted by atomic mass is 32.2. The number of ether oxygens (including phenoxy) is 3. The molecule has 9 nitrogen and oxygen atoms in total. The molecule has 3 aromatic rings. The van der Waals surface area contributed by atoms with E-state index in [0.29, 0.717) is 17.0 Å². The number of aromatic nitrogens is 1. The number of nitrogens with zero attached hydrogens (tertiary/aromatic N) is 2. The van der Waals surface area contributed by atoms with Crippen molar-refractivity contribution < 1.29 is 32.2 Å².